The second-order valence-corrected chi connectivity index (χ2v) is 4.92. The van der Waals surface area contributed by atoms with Crippen molar-refractivity contribution in [3.8, 4) is 0 Å². The largest absolute Gasteiger partial charge is 0.398 e. The van der Waals surface area contributed by atoms with Gasteiger partial charge in [-0.05, 0) is 18.1 Å². The van der Waals surface area contributed by atoms with Gasteiger partial charge in [0.1, 0.15) is 0 Å². The zero-order valence-electron chi connectivity index (χ0n) is 8.59. The van der Waals surface area contributed by atoms with E-state index in [2.05, 4.69) is 13.8 Å². The maximum Gasteiger partial charge on any atom is 0.0562 e. The van der Waals surface area contributed by atoms with Crippen molar-refractivity contribution in [3.05, 3.63) is 23.2 Å². The smallest absolute Gasteiger partial charge is 0.0562 e. The molecule has 1 nitrogen and oxygen atoms in total. The van der Waals surface area contributed by atoms with Crippen LogP contribution in [-0.2, 0) is 0 Å². The normalized spacial score (nSPS) is 12.8. The first-order valence-corrected chi connectivity index (χ1v) is 6.18. The summed E-state index contributed by atoms with van der Waals surface area (Å²) in [6.07, 6.45) is 1.19. The zero-order chi connectivity index (χ0) is 10.6. The van der Waals surface area contributed by atoms with Gasteiger partial charge in [-0.3, -0.25) is 0 Å². The molecule has 0 heterocycles. The standard InChI is InChI=1S/C11H16ClNS/c1-3-8(2)7-14-11-9(12)5-4-6-10(11)13/h4-6,8H,3,7,13H2,1-2H3. The highest BCUT2D eigenvalue weighted by atomic mass is 35.5. The Hall–Kier alpha value is -0.340. The van der Waals surface area contributed by atoms with Crippen LogP contribution in [-0.4, -0.2) is 5.75 Å². The molecule has 0 aliphatic heterocycles. The highest BCUT2D eigenvalue weighted by Crippen LogP contribution is 2.33. The van der Waals surface area contributed by atoms with Gasteiger partial charge in [0.15, 0.2) is 0 Å². The molecule has 14 heavy (non-hydrogen) atoms. The Kier molecular flexibility index (Phi) is 4.63. The first-order valence-electron chi connectivity index (χ1n) is 4.82. The summed E-state index contributed by atoms with van der Waals surface area (Å²) in [7, 11) is 0. The van der Waals surface area contributed by atoms with Gasteiger partial charge in [-0.1, -0.05) is 37.9 Å². The molecule has 0 aliphatic rings. The van der Waals surface area contributed by atoms with Crippen molar-refractivity contribution in [2.75, 3.05) is 11.5 Å². The Morgan fingerprint density at radius 1 is 1.50 bits per heavy atom. The third-order valence-electron chi connectivity index (χ3n) is 2.21. The van der Waals surface area contributed by atoms with Gasteiger partial charge in [0.25, 0.3) is 0 Å². The van der Waals surface area contributed by atoms with Crippen LogP contribution in [0.1, 0.15) is 20.3 Å². The predicted octanol–water partition coefficient (Wildman–Crippen LogP) is 4.06. The number of hydrogen-bond acceptors (Lipinski definition) is 2. The van der Waals surface area contributed by atoms with Crippen molar-refractivity contribution in [2.24, 2.45) is 5.92 Å². The van der Waals surface area contributed by atoms with E-state index in [1.807, 2.05) is 18.2 Å². The molecule has 0 saturated carbocycles. The van der Waals surface area contributed by atoms with Crippen LogP contribution < -0.4 is 5.73 Å². The fraction of sp³-hybridized carbons (Fsp3) is 0.455. The van der Waals surface area contributed by atoms with Gasteiger partial charge < -0.3 is 5.73 Å². The maximum absolute atomic E-state index is 6.06. The maximum atomic E-state index is 6.06. The molecule has 0 amide bonds. The number of rotatable bonds is 4. The molecule has 0 aliphatic carbocycles. The fourth-order valence-corrected chi connectivity index (χ4v) is 2.49. The lowest BCUT2D eigenvalue weighted by Gasteiger charge is -2.10. The summed E-state index contributed by atoms with van der Waals surface area (Å²) >= 11 is 7.80. The second-order valence-electron chi connectivity index (χ2n) is 3.48. The number of anilines is 1. The molecule has 1 unspecified atom stereocenters. The highest BCUT2D eigenvalue weighted by molar-refractivity contribution is 7.99. The van der Waals surface area contributed by atoms with Gasteiger partial charge in [0.05, 0.1) is 5.02 Å². The van der Waals surface area contributed by atoms with Crippen LogP contribution in [0.15, 0.2) is 23.1 Å². The Morgan fingerprint density at radius 3 is 2.79 bits per heavy atom. The summed E-state index contributed by atoms with van der Waals surface area (Å²) < 4.78 is 0. The number of nitrogen functional groups attached to an aromatic ring is 1. The van der Waals surface area contributed by atoms with E-state index in [0.717, 1.165) is 21.4 Å². The van der Waals surface area contributed by atoms with Crippen LogP contribution in [0.3, 0.4) is 0 Å². The number of benzene rings is 1. The van der Waals surface area contributed by atoms with Crippen molar-refractivity contribution >= 4 is 29.1 Å². The molecule has 0 aromatic heterocycles. The highest BCUT2D eigenvalue weighted by Gasteiger charge is 2.06. The molecule has 0 saturated heterocycles. The van der Waals surface area contributed by atoms with Crippen molar-refractivity contribution in [1.82, 2.24) is 0 Å². The van der Waals surface area contributed by atoms with E-state index in [9.17, 15) is 0 Å². The van der Waals surface area contributed by atoms with Gasteiger partial charge in [-0.25, -0.2) is 0 Å². The average Bonchev–Trinajstić information content (AvgIpc) is 2.16. The van der Waals surface area contributed by atoms with E-state index in [0.29, 0.717) is 5.92 Å². The van der Waals surface area contributed by atoms with Crippen LogP contribution in [0.4, 0.5) is 5.69 Å². The zero-order valence-corrected chi connectivity index (χ0v) is 10.2. The number of halogens is 1. The van der Waals surface area contributed by atoms with E-state index in [-0.39, 0.29) is 0 Å². The lowest BCUT2D eigenvalue weighted by molar-refractivity contribution is 0.637. The Morgan fingerprint density at radius 2 is 2.21 bits per heavy atom. The fourth-order valence-electron chi connectivity index (χ4n) is 1.02. The molecule has 78 valence electrons. The van der Waals surface area contributed by atoms with Crippen molar-refractivity contribution < 1.29 is 0 Å². The SMILES string of the molecule is CCC(C)CSc1c(N)cccc1Cl. The Balaban J connectivity index is 2.66. The van der Waals surface area contributed by atoms with Crippen LogP contribution in [0, 0.1) is 5.92 Å². The first kappa shape index (κ1) is 11.7. The molecule has 0 fully saturated rings. The van der Waals surface area contributed by atoms with Gasteiger partial charge in [-0.15, -0.1) is 11.8 Å². The number of thioether (sulfide) groups is 1. The topological polar surface area (TPSA) is 26.0 Å². The summed E-state index contributed by atoms with van der Waals surface area (Å²) in [6.45, 7) is 4.43. The van der Waals surface area contributed by atoms with E-state index in [4.69, 9.17) is 17.3 Å². The van der Waals surface area contributed by atoms with Crippen LogP contribution >= 0.6 is 23.4 Å². The minimum absolute atomic E-state index is 0.704. The lowest BCUT2D eigenvalue weighted by Crippen LogP contribution is -1.97. The molecule has 1 aromatic rings. The third-order valence-corrected chi connectivity index (χ3v) is 4.11. The van der Waals surface area contributed by atoms with E-state index in [1.165, 1.54) is 6.42 Å². The molecule has 2 N–H and O–H groups in total. The van der Waals surface area contributed by atoms with Crippen LogP contribution in [0.5, 0.6) is 0 Å². The molecular formula is C11H16ClNS. The van der Waals surface area contributed by atoms with E-state index in [1.54, 1.807) is 11.8 Å². The summed E-state index contributed by atoms with van der Waals surface area (Å²) in [4.78, 5) is 1.02. The van der Waals surface area contributed by atoms with Crippen molar-refractivity contribution in [2.45, 2.75) is 25.2 Å². The molecule has 3 heteroatoms. The number of hydrogen-bond donors (Lipinski definition) is 1. The van der Waals surface area contributed by atoms with Crippen molar-refractivity contribution in [1.29, 1.82) is 0 Å². The van der Waals surface area contributed by atoms with Crippen molar-refractivity contribution in [3.63, 3.8) is 0 Å². The number of nitrogens with two attached hydrogens (primary N) is 1. The van der Waals surface area contributed by atoms with Gasteiger partial charge in [-0.2, -0.15) is 0 Å². The molecule has 1 aromatic carbocycles. The second kappa shape index (κ2) is 5.52. The minimum atomic E-state index is 0.704. The summed E-state index contributed by atoms with van der Waals surface area (Å²) in [5.41, 5.74) is 6.63. The molecule has 0 bridgehead atoms. The first-order chi connectivity index (χ1) is 6.65. The van der Waals surface area contributed by atoms with Crippen LogP contribution in [0.2, 0.25) is 5.02 Å². The Labute approximate surface area is 95.0 Å². The average molecular weight is 230 g/mol. The monoisotopic (exact) mass is 229 g/mol. The van der Waals surface area contributed by atoms with Gasteiger partial charge in [0, 0.05) is 16.3 Å². The van der Waals surface area contributed by atoms with Gasteiger partial charge >= 0.3 is 0 Å². The molecule has 1 atom stereocenters. The summed E-state index contributed by atoms with van der Waals surface area (Å²) in [6, 6.07) is 5.66. The Bertz CT molecular complexity index is 281. The molecule has 0 spiro atoms. The quantitative estimate of drug-likeness (QED) is 0.623. The predicted molar refractivity (Wildman–Crippen MR) is 66.0 cm³/mol. The molecular weight excluding hydrogens is 214 g/mol. The molecule has 0 radical (unpaired) electrons. The summed E-state index contributed by atoms with van der Waals surface area (Å²) in [5, 5.41) is 0.762. The van der Waals surface area contributed by atoms with E-state index >= 15 is 0 Å². The van der Waals surface area contributed by atoms with Crippen LogP contribution in [0.25, 0.3) is 0 Å². The minimum Gasteiger partial charge on any atom is -0.398 e. The summed E-state index contributed by atoms with van der Waals surface area (Å²) in [5.74, 6) is 1.78. The van der Waals surface area contributed by atoms with Gasteiger partial charge in [0.2, 0.25) is 0 Å². The van der Waals surface area contributed by atoms with E-state index < -0.39 is 0 Å². The third kappa shape index (κ3) is 3.10. The molecule has 1 rings (SSSR count). The lowest BCUT2D eigenvalue weighted by atomic mass is 10.2.